The predicted octanol–water partition coefficient (Wildman–Crippen LogP) is 4.42. The van der Waals surface area contributed by atoms with E-state index < -0.39 is 28.9 Å². The number of benzene rings is 1. The molecule has 1 aliphatic carbocycles. The van der Waals surface area contributed by atoms with Gasteiger partial charge in [-0.25, -0.2) is 23.1 Å². The van der Waals surface area contributed by atoms with Crippen molar-refractivity contribution in [2.45, 2.75) is 51.2 Å². The van der Waals surface area contributed by atoms with Gasteiger partial charge in [0, 0.05) is 18.7 Å². The first-order valence-electron chi connectivity index (χ1n) is 10.0. The molecule has 10 heteroatoms. The Labute approximate surface area is 171 Å². The van der Waals surface area contributed by atoms with Gasteiger partial charge in [-0.1, -0.05) is 13.3 Å². The normalized spacial score (nSPS) is 16.0. The fourth-order valence-electron chi connectivity index (χ4n) is 3.79. The number of aromatic nitrogens is 4. The minimum atomic E-state index is -1.32. The number of hydrogen-bond acceptors (Lipinski definition) is 6. The second-order valence-corrected chi connectivity index (χ2v) is 7.51. The van der Waals surface area contributed by atoms with Gasteiger partial charge in [-0.15, -0.1) is 0 Å². The second-order valence-electron chi connectivity index (χ2n) is 7.51. The average molecular weight is 420 g/mol. The molecule has 3 aromatic rings. The molecule has 0 saturated heterocycles. The second kappa shape index (κ2) is 8.10. The van der Waals surface area contributed by atoms with E-state index in [0.29, 0.717) is 48.6 Å². The van der Waals surface area contributed by atoms with Gasteiger partial charge < -0.3 is 15.7 Å². The van der Waals surface area contributed by atoms with Crippen LogP contribution in [0.5, 0.6) is 0 Å². The molecule has 0 unspecified atom stereocenters. The van der Waals surface area contributed by atoms with Crippen LogP contribution in [0.25, 0.3) is 11.2 Å². The quantitative estimate of drug-likeness (QED) is 0.547. The van der Waals surface area contributed by atoms with Gasteiger partial charge >= 0.3 is 0 Å². The van der Waals surface area contributed by atoms with Crippen molar-refractivity contribution in [3.63, 3.8) is 0 Å². The molecule has 3 N–H and O–H groups in total. The maximum Gasteiger partial charge on any atom is 0.224 e. The molecule has 2 aromatic heterocycles. The third-order valence-corrected chi connectivity index (χ3v) is 5.25. The highest BCUT2D eigenvalue weighted by molar-refractivity contribution is 5.77. The van der Waals surface area contributed by atoms with Crippen molar-refractivity contribution in [1.82, 2.24) is 19.5 Å². The number of hydrogen-bond donors (Lipinski definition) is 3. The van der Waals surface area contributed by atoms with Crippen LogP contribution in [0.2, 0.25) is 0 Å². The van der Waals surface area contributed by atoms with Crippen LogP contribution in [0.15, 0.2) is 18.3 Å². The Morgan fingerprint density at radius 1 is 1.10 bits per heavy atom. The summed E-state index contributed by atoms with van der Waals surface area (Å²) in [5, 5.41) is 17.1. The van der Waals surface area contributed by atoms with E-state index in [2.05, 4.69) is 25.6 Å². The van der Waals surface area contributed by atoms with E-state index in [1.54, 1.807) is 0 Å². The molecule has 1 aromatic carbocycles. The molecule has 0 atom stereocenters. The van der Waals surface area contributed by atoms with Gasteiger partial charge in [-0.05, 0) is 32.1 Å². The summed E-state index contributed by atoms with van der Waals surface area (Å²) < 4.78 is 43.3. The molecular formula is C20H23F3N6O. The Morgan fingerprint density at radius 2 is 1.80 bits per heavy atom. The Balaban J connectivity index is 1.85. The number of rotatable bonds is 6. The van der Waals surface area contributed by atoms with Crippen LogP contribution in [0, 0.1) is 17.5 Å². The van der Waals surface area contributed by atoms with Crippen LogP contribution in [0.4, 0.5) is 30.8 Å². The molecule has 1 fully saturated rings. The van der Waals surface area contributed by atoms with Crippen molar-refractivity contribution < 1.29 is 18.3 Å². The SMILES string of the molecule is CCCNc1ncc2nc(Nc3c(F)cc(F)cc3F)n(C3(O)CCCCC3)c2n1. The molecule has 0 radical (unpaired) electrons. The molecule has 0 aliphatic heterocycles. The molecule has 0 bridgehead atoms. The fraction of sp³-hybridized carbons (Fsp3) is 0.450. The molecular weight excluding hydrogens is 397 g/mol. The smallest absolute Gasteiger partial charge is 0.224 e. The number of nitrogens with zero attached hydrogens (tertiary/aromatic N) is 4. The minimum absolute atomic E-state index is 0.0146. The Hall–Kier alpha value is -2.88. The van der Waals surface area contributed by atoms with Gasteiger partial charge in [0.05, 0.1) is 6.20 Å². The van der Waals surface area contributed by atoms with Crippen molar-refractivity contribution >= 4 is 28.7 Å². The number of fused-ring (bicyclic) bond motifs is 1. The number of aliphatic hydroxyl groups is 1. The van der Waals surface area contributed by atoms with Crippen molar-refractivity contribution in [3.8, 4) is 0 Å². The molecule has 30 heavy (non-hydrogen) atoms. The van der Waals surface area contributed by atoms with Gasteiger partial charge in [0.1, 0.15) is 22.7 Å². The van der Waals surface area contributed by atoms with E-state index in [1.165, 1.54) is 10.8 Å². The summed E-state index contributed by atoms with van der Waals surface area (Å²) in [5.74, 6) is -2.83. The fourth-order valence-corrected chi connectivity index (χ4v) is 3.79. The predicted molar refractivity (Wildman–Crippen MR) is 107 cm³/mol. The van der Waals surface area contributed by atoms with Crippen molar-refractivity contribution in [2.24, 2.45) is 0 Å². The Kier molecular flexibility index (Phi) is 5.50. The van der Waals surface area contributed by atoms with E-state index in [4.69, 9.17) is 0 Å². The Morgan fingerprint density at radius 3 is 2.47 bits per heavy atom. The highest BCUT2D eigenvalue weighted by Crippen LogP contribution is 2.38. The number of imidazole rings is 1. The summed E-state index contributed by atoms with van der Waals surface area (Å²) in [7, 11) is 0. The number of nitrogens with one attached hydrogen (secondary N) is 2. The van der Waals surface area contributed by atoms with Crippen LogP contribution in [0.1, 0.15) is 45.4 Å². The van der Waals surface area contributed by atoms with E-state index in [0.717, 1.165) is 25.7 Å². The maximum atomic E-state index is 14.2. The van der Waals surface area contributed by atoms with Gasteiger partial charge in [0.15, 0.2) is 17.3 Å². The standard InChI is InChI=1S/C20H23F3N6O/c1-2-8-24-18-25-11-15-17(28-18)29(20(30)6-4-3-5-7-20)19(26-15)27-16-13(22)9-12(21)10-14(16)23/h9-11,30H,2-8H2,1H3,(H,26,27)(H,24,25,28). The summed E-state index contributed by atoms with van der Waals surface area (Å²) in [6.45, 7) is 2.68. The summed E-state index contributed by atoms with van der Waals surface area (Å²) in [6, 6.07) is 1.17. The molecule has 4 rings (SSSR count). The van der Waals surface area contributed by atoms with Crippen LogP contribution in [0.3, 0.4) is 0 Å². The zero-order chi connectivity index (χ0) is 21.3. The third-order valence-electron chi connectivity index (χ3n) is 5.25. The maximum absolute atomic E-state index is 14.2. The molecule has 0 spiro atoms. The van der Waals surface area contributed by atoms with Gasteiger partial charge in [-0.2, -0.15) is 4.98 Å². The average Bonchev–Trinajstić information content (AvgIpc) is 3.07. The van der Waals surface area contributed by atoms with Crippen LogP contribution in [-0.4, -0.2) is 31.2 Å². The lowest BCUT2D eigenvalue weighted by atomic mass is 9.91. The summed E-state index contributed by atoms with van der Waals surface area (Å²) in [4.78, 5) is 13.1. The molecule has 160 valence electrons. The highest BCUT2D eigenvalue weighted by Gasteiger charge is 2.36. The van der Waals surface area contributed by atoms with Crippen molar-refractivity contribution in [3.05, 3.63) is 35.8 Å². The van der Waals surface area contributed by atoms with Crippen LogP contribution in [-0.2, 0) is 5.72 Å². The van der Waals surface area contributed by atoms with Gasteiger partial charge in [0.2, 0.25) is 11.9 Å². The third kappa shape index (κ3) is 3.79. The first kappa shape index (κ1) is 20.4. The molecule has 1 saturated carbocycles. The Bertz CT molecular complexity index is 1040. The largest absolute Gasteiger partial charge is 0.370 e. The lowest BCUT2D eigenvalue weighted by molar-refractivity contribution is -0.0646. The zero-order valence-electron chi connectivity index (χ0n) is 16.6. The minimum Gasteiger partial charge on any atom is -0.370 e. The van der Waals surface area contributed by atoms with E-state index in [1.807, 2.05) is 6.92 Å². The lowest BCUT2D eigenvalue weighted by Crippen LogP contribution is -2.36. The van der Waals surface area contributed by atoms with E-state index in [-0.39, 0.29) is 5.95 Å². The summed E-state index contributed by atoms with van der Waals surface area (Å²) in [6.07, 6.45) is 5.83. The van der Waals surface area contributed by atoms with Crippen LogP contribution < -0.4 is 10.6 Å². The van der Waals surface area contributed by atoms with Crippen molar-refractivity contribution in [2.75, 3.05) is 17.2 Å². The molecule has 2 heterocycles. The highest BCUT2D eigenvalue weighted by atomic mass is 19.1. The van der Waals surface area contributed by atoms with Gasteiger partial charge in [-0.3, -0.25) is 4.57 Å². The molecule has 1 aliphatic rings. The summed E-state index contributed by atoms with van der Waals surface area (Å²) >= 11 is 0. The van der Waals surface area contributed by atoms with Crippen LogP contribution >= 0.6 is 0 Å². The zero-order valence-corrected chi connectivity index (χ0v) is 16.6. The van der Waals surface area contributed by atoms with Gasteiger partial charge in [0.25, 0.3) is 0 Å². The monoisotopic (exact) mass is 420 g/mol. The summed E-state index contributed by atoms with van der Waals surface area (Å²) in [5.41, 5.74) is -1.16. The lowest BCUT2D eigenvalue weighted by Gasteiger charge is -2.34. The molecule has 7 nitrogen and oxygen atoms in total. The number of anilines is 3. The first-order valence-corrected chi connectivity index (χ1v) is 10.0. The number of halogens is 3. The molecule has 0 amide bonds. The van der Waals surface area contributed by atoms with Crippen molar-refractivity contribution in [1.29, 1.82) is 0 Å². The first-order chi connectivity index (χ1) is 14.4. The van der Waals surface area contributed by atoms with E-state index >= 15 is 0 Å². The van der Waals surface area contributed by atoms with E-state index in [9.17, 15) is 18.3 Å². The topological polar surface area (TPSA) is 87.9 Å².